The third-order valence-electron chi connectivity index (χ3n) is 3.54. The van der Waals surface area contributed by atoms with Crippen LogP contribution < -0.4 is 5.32 Å². The van der Waals surface area contributed by atoms with Gasteiger partial charge in [0.05, 0.1) is 6.54 Å². The first-order valence-corrected chi connectivity index (χ1v) is 6.47. The highest BCUT2D eigenvalue weighted by atomic mass is 16.1. The van der Waals surface area contributed by atoms with Gasteiger partial charge in [-0.05, 0) is 37.2 Å². The Bertz CT molecular complexity index is 480. The average molecular weight is 247 g/mol. The van der Waals surface area contributed by atoms with Gasteiger partial charge >= 0.3 is 0 Å². The number of carbonyl (C=O) groups excluding carboxylic acids is 1. The summed E-state index contributed by atoms with van der Waals surface area (Å²) in [5.74, 6) is 0.677. The molecule has 0 spiro atoms. The lowest BCUT2D eigenvalue weighted by atomic mass is 9.75. The third kappa shape index (κ3) is 2.86. The van der Waals surface area contributed by atoms with Crippen molar-refractivity contribution >= 4 is 5.91 Å². The summed E-state index contributed by atoms with van der Waals surface area (Å²) < 4.78 is 0. The van der Waals surface area contributed by atoms with Crippen molar-refractivity contribution in [1.29, 1.82) is 0 Å². The van der Waals surface area contributed by atoms with Gasteiger partial charge in [-0.3, -0.25) is 4.79 Å². The molecule has 0 unspecified atom stereocenters. The van der Waals surface area contributed by atoms with Crippen molar-refractivity contribution in [2.24, 2.45) is 5.41 Å². The highest BCUT2D eigenvalue weighted by Crippen LogP contribution is 2.34. The number of hydrogen-bond acceptors (Lipinski definition) is 3. The summed E-state index contributed by atoms with van der Waals surface area (Å²) in [6, 6.07) is 0. The smallest absolute Gasteiger partial charge is 0.217 e. The van der Waals surface area contributed by atoms with Crippen molar-refractivity contribution in [3.05, 3.63) is 22.8 Å². The Morgan fingerprint density at radius 2 is 2.11 bits per heavy atom. The van der Waals surface area contributed by atoms with Gasteiger partial charge in [0, 0.05) is 18.3 Å². The number of hydrogen-bond donors (Lipinski definition) is 1. The van der Waals surface area contributed by atoms with Gasteiger partial charge in [0.2, 0.25) is 5.91 Å². The molecule has 2 rings (SSSR count). The van der Waals surface area contributed by atoms with Crippen LogP contribution in [0.25, 0.3) is 0 Å². The number of nitrogens with one attached hydrogen (secondary N) is 1. The Morgan fingerprint density at radius 3 is 2.78 bits per heavy atom. The van der Waals surface area contributed by atoms with E-state index in [1.165, 1.54) is 18.2 Å². The van der Waals surface area contributed by atoms with Gasteiger partial charge in [-0.2, -0.15) is 0 Å². The molecule has 1 heterocycles. The molecule has 0 saturated heterocycles. The molecule has 0 fully saturated rings. The van der Waals surface area contributed by atoms with E-state index in [4.69, 9.17) is 0 Å². The minimum absolute atomic E-state index is 0.0462. The van der Waals surface area contributed by atoms with Crippen molar-refractivity contribution in [3.8, 4) is 0 Å². The highest BCUT2D eigenvalue weighted by molar-refractivity contribution is 5.72. The molecule has 1 aliphatic rings. The maximum absolute atomic E-state index is 10.9. The summed E-state index contributed by atoms with van der Waals surface area (Å²) in [7, 11) is 0. The van der Waals surface area contributed by atoms with Gasteiger partial charge in [0.1, 0.15) is 5.82 Å². The summed E-state index contributed by atoms with van der Waals surface area (Å²) in [5, 5.41) is 2.75. The molecule has 1 aliphatic carbocycles. The molecular weight excluding hydrogens is 226 g/mol. The van der Waals surface area contributed by atoms with E-state index in [9.17, 15) is 4.79 Å². The summed E-state index contributed by atoms with van der Waals surface area (Å²) in [6.07, 6.45) is 3.23. The van der Waals surface area contributed by atoms with Crippen molar-refractivity contribution in [2.45, 2.75) is 53.5 Å². The quantitative estimate of drug-likeness (QED) is 0.869. The Balaban J connectivity index is 2.25. The summed E-state index contributed by atoms with van der Waals surface area (Å²) >= 11 is 0. The molecule has 1 N–H and O–H groups in total. The van der Waals surface area contributed by atoms with E-state index in [0.29, 0.717) is 12.0 Å². The maximum Gasteiger partial charge on any atom is 0.217 e. The van der Waals surface area contributed by atoms with Crippen LogP contribution in [0.4, 0.5) is 0 Å². The number of carbonyl (C=O) groups is 1. The number of aryl methyl sites for hydroxylation is 2. The van der Waals surface area contributed by atoms with Crippen LogP contribution >= 0.6 is 0 Å². The van der Waals surface area contributed by atoms with Crippen molar-refractivity contribution in [1.82, 2.24) is 15.3 Å². The van der Waals surface area contributed by atoms with Crippen LogP contribution in [-0.2, 0) is 24.2 Å². The Kier molecular flexibility index (Phi) is 3.37. The molecule has 98 valence electrons. The molecule has 4 nitrogen and oxygen atoms in total. The van der Waals surface area contributed by atoms with Crippen LogP contribution in [0.2, 0.25) is 0 Å². The second-order valence-corrected chi connectivity index (χ2v) is 5.90. The summed E-state index contributed by atoms with van der Waals surface area (Å²) in [4.78, 5) is 20.0. The first kappa shape index (κ1) is 13.0. The van der Waals surface area contributed by atoms with E-state index < -0.39 is 0 Å². The predicted molar refractivity (Wildman–Crippen MR) is 70.1 cm³/mol. The van der Waals surface area contributed by atoms with E-state index in [-0.39, 0.29) is 5.91 Å². The Morgan fingerprint density at radius 1 is 1.39 bits per heavy atom. The summed E-state index contributed by atoms with van der Waals surface area (Å²) in [5.41, 5.74) is 3.88. The molecule has 1 amide bonds. The molecule has 0 atom stereocenters. The van der Waals surface area contributed by atoms with Crippen LogP contribution in [-0.4, -0.2) is 15.9 Å². The number of aromatic nitrogens is 2. The number of nitrogens with zero attached hydrogens (tertiary/aromatic N) is 2. The first-order chi connectivity index (χ1) is 8.37. The molecule has 0 aromatic carbocycles. The molecule has 18 heavy (non-hydrogen) atoms. The number of rotatable bonds is 2. The van der Waals surface area contributed by atoms with Gasteiger partial charge in [0.15, 0.2) is 0 Å². The SMILES string of the molecule is CC(=O)NCc1nc(C)c2c(n1)CCC(C)(C)C2. The zero-order valence-corrected chi connectivity index (χ0v) is 11.6. The zero-order chi connectivity index (χ0) is 13.3. The van der Waals surface area contributed by atoms with Gasteiger partial charge < -0.3 is 5.32 Å². The molecule has 0 radical (unpaired) electrons. The van der Waals surface area contributed by atoms with E-state index in [1.807, 2.05) is 6.92 Å². The standard InChI is InChI=1S/C14H21N3O/c1-9-11-7-14(3,4)6-5-12(11)17-13(16-9)8-15-10(2)18/h5-8H2,1-4H3,(H,15,18). The second kappa shape index (κ2) is 4.67. The van der Waals surface area contributed by atoms with Crippen molar-refractivity contribution in [3.63, 3.8) is 0 Å². The fourth-order valence-corrected chi connectivity index (χ4v) is 2.46. The molecule has 0 aliphatic heterocycles. The zero-order valence-electron chi connectivity index (χ0n) is 11.6. The van der Waals surface area contributed by atoms with Gasteiger partial charge in [-0.1, -0.05) is 13.8 Å². The lowest BCUT2D eigenvalue weighted by Crippen LogP contribution is -2.26. The van der Waals surface area contributed by atoms with Crippen LogP contribution in [0.15, 0.2) is 0 Å². The minimum atomic E-state index is -0.0462. The molecule has 1 aromatic heterocycles. The Hall–Kier alpha value is -1.45. The maximum atomic E-state index is 10.9. The number of amides is 1. The van der Waals surface area contributed by atoms with Gasteiger partial charge in [0.25, 0.3) is 0 Å². The third-order valence-corrected chi connectivity index (χ3v) is 3.54. The van der Waals surface area contributed by atoms with Crippen molar-refractivity contribution < 1.29 is 4.79 Å². The van der Waals surface area contributed by atoms with E-state index in [2.05, 4.69) is 29.1 Å². The summed E-state index contributed by atoms with van der Waals surface area (Å²) in [6.45, 7) is 8.56. The van der Waals surface area contributed by atoms with Crippen molar-refractivity contribution in [2.75, 3.05) is 0 Å². The fourth-order valence-electron chi connectivity index (χ4n) is 2.46. The van der Waals surface area contributed by atoms with Gasteiger partial charge in [-0.25, -0.2) is 9.97 Å². The topological polar surface area (TPSA) is 54.9 Å². The molecule has 0 bridgehead atoms. The van der Waals surface area contributed by atoms with E-state index in [0.717, 1.165) is 30.8 Å². The molecule has 0 saturated carbocycles. The lowest BCUT2D eigenvalue weighted by Gasteiger charge is -2.31. The fraction of sp³-hybridized carbons (Fsp3) is 0.643. The molecular formula is C14H21N3O. The highest BCUT2D eigenvalue weighted by Gasteiger charge is 2.27. The average Bonchev–Trinajstić information content (AvgIpc) is 2.27. The van der Waals surface area contributed by atoms with Crippen LogP contribution in [0.5, 0.6) is 0 Å². The Labute approximate surface area is 108 Å². The minimum Gasteiger partial charge on any atom is -0.349 e. The predicted octanol–water partition coefficient (Wildman–Crippen LogP) is 1.94. The van der Waals surface area contributed by atoms with Crippen LogP contribution in [0, 0.1) is 12.3 Å². The molecule has 1 aromatic rings. The number of fused-ring (bicyclic) bond motifs is 1. The first-order valence-electron chi connectivity index (χ1n) is 6.47. The molecule has 4 heteroatoms. The monoisotopic (exact) mass is 247 g/mol. The van der Waals surface area contributed by atoms with Crippen LogP contribution in [0.3, 0.4) is 0 Å². The largest absolute Gasteiger partial charge is 0.349 e. The second-order valence-electron chi connectivity index (χ2n) is 5.90. The van der Waals surface area contributed by atoms with E-state index in [1.54, 1.807) is 0 Å². The van der Waals surface area contributed by atoms with E-state index >= 15 is 0 Å². The lowest BCUT2D eigenvalue weighted by molar-refractivity contribution is -0.119. The van der Waals surface area contributed by atoms with Gasteiger partial charge in [-0.15, -0.1) is 0 Å². The van der Waals surface area contributed by atoms with Crippen LogP contribution in [0.1, 0.15) is 50.0 Å². The normalized spacial score (nSPS) is 17.1.